The van der Waals surface area contributed by atoms with Gasteiger partial charge in [-0.3, -0.25) is 0 Å². The van der Waals surface area contributed by atoms with Gasteiger partial charge >= 0.3 is 6.36 Å². The molecule has 0 spiro atoms. The Bertz CT molecular complexity index is 944. The molecule has 0 aliphatic rings. The van der Waals surface area contributed by atoms with Gasteiger partial charge in [-0.25, -0.2) is 4.98 Å². The van der Waals surface area contributed by atoms with Crippen LogP contribution < -0.4 is 15.8 Å². The molecule has 0 atom stereocenters. The number of alkyl halides is 3. The number of pyridine rings is 1. The van der Waals surface area contributed by atoms with Crippen LogP contribution in [0.25, 0.3) is 10.9 Å². The van der Waals surface area contributed by atoms with Crippen molar-refractivity contribution in [1.29, 1.82) is 0 Å². The van der Waals surface area contributed by atoms with Crippen molar-refractivity contribution < 1.29 is 17.9 Å². The molecule has 8 heteroatoms. The summed E-state index contributed by atoms with van der Waals surface area (Å²) in [6.45, 7) is 1.85. The van der Waals surface area contributed by atoms with Crippen molar-refractivity contribution in [1.82, 2.24) is 4.98 Å². The van der Waals surface area contributed by atoms with Crippen molar-refractivity contribution in [2.75, 3.05) is 11.1 Å². The number of nitrogens with one attached hydrogen (secondary N) is 1. The van der Waals surface area contributed by atoms with Crippen molar-refractivity contribution in [2.45, 2.75) is 13.3 Å². The Morgan fingerprint density at radius 3 is 2.60 bits per heavy atom. The number of aromatic nitrogens is 1. The van der Waals surface area contributed by atoms with E-state index < -0.39 is 12.1 Å². The molecular formula is C17H13ClF3N3O. The maximum Gasteiger partial charge on any atom is 0.573 e. The Hall–Kier alpha value is -2.67. The molecule has 3 aromatic rings. The van der Waals surface area contributed by atoms with Crippen LogP contribution in [0.2, 0.25) is 5.02 Å². The number of nitrogen functional groups attached to an aromatic ring is 1. The number of aryl methyl sites for hydroxylation is 1. The highest BCUT2D eigenvalue weighted by atomic mass is 35.5. The fourth-order valence-electron chi connectivity index (χ4n) is 2.37. The maximum atomic E-state index is 12.3. The Balaban J connectivity index is 1.91. The van der Waals surface area contributed by atoms with Crippen molar-refractivity contribution in [3.63, 3.8) is 0 Å². The highest BCUT2D eigenvalue weighted by Crippen LogP contribution is 2.33. The van der Waals surface area contributed by atoms with Gasteiger partial charge in [0.2, 0.25) is 0 Å². The first-order valence-electron chi connectivity index (χ1n) is 7.21. The fraction of sp³-hybridized carbons (Fsp3) is 0.118. The summed E-state index contributed by atoms with van der Waals surface area (Å²) in [6, 6.07) is 11.2. The summed E-state index contributed by atoms with van der Waals surface area (Å²) in [4.78, 5) is 4.50. The minimum atomic E-state index is -4.80. The molecule has 0 aliphatic heterocycles. The lowest BCUT2D eigenvalue weighted by molar-refractivity contribution is -0.274. The second-order valence-corrected chi connectivity index (χ2v) is 5.79. The zero-order valence-corrected chi connectivity index (χ0v) is 13.7. The first-order valence-corrected chi connectivity index (χ1v) is 7.59. The zero-order chi connectivity index (χ0) is 18.2. The van der Waals surface area contributed by atoms with E-state index in [1.165, 1.54) is 12.1 Å². The molecule has 0 saturated carbocycles. The molecule has 0 amide bonds. The van der Waals surface area contributed by atoms with E-state index in [0.717, 1.165) is 17.0 Å². The zero-order valence-electron chi connectivity index (χ0n) is 13.0. The number of rotatable bonds is 3. The van der Waals surface area contributed by atoms with Gasteiger partial charge in [0.1, 0.15) is 11.6 Å². The lowest BCUT2D eigenvalue weighted by atomic mass is 10.1. The Labute approximate surface area is 146 Å². The molecule has 3 N–H and O–H groups in total. The molecule has 25 heavy (non-hydrogen) atoms. The fourth-order valence-corrected chi connectivity index (χ4v) is 2.59. The lowest BCUT2D eigenvalue weighted by Gasteiger charge is -2.14. The number of halogens is 4. The van der Waals surface area contributed by atoms with Crippen LogP contribution in [-0.4, -0.2) is 11.3 Å². The highest BCUT2D eigenvalue weighted by Gasteiger charge is 2.32. The van der Waals surface area contributed by atoms with Gasteiger partial charge in [-0.15, -0.1) is 13.2 Å². The third-order valence-corrected chi connectivity index (χ3v) is 3.80. The smallest absolute Gasteiger partial charge is 0.404 e. The summed E-state index contributed by atoms with van der Waals surface area (Å²) in [7, 11) is 0. The first kappa shape index (κ1) is 17.2. The van der Waals surface area contributed by atoms with Gasteiger partial charge in [-0.2, -0.15) is 0 Å². The van der Waals surface area contributed by atoms with Gasteiger partial charge in [-0.1, -0.05) is 17.7 Å². The molecule has 4 nitrogen and oxygen atoms in total. The van der Waals surface area contributed by atoms with E-state index in [4.69, 9.17) is 17.3 Å². The van der Waals surface area contributed by atoms with E-state index in [-0.39, 0.29) is 5.02 Å². The van der Waals surface area contributed by atoms with Crippen LogP contribution in [0.3, 0.4) is 0 Å². The first-order chi connectivity index (χ1) is 11.7. The van der Waals surface area contributed by atoms with Crippen LogP contribution in [0.4, 0.5) is 30.4 Å². The van der Waals surface area contributed by atoms with Crippen molar-refractivity contribution in [2.24, 2.45) is 0 Å². The maximum absolute atomic E-state index is 12.3. The number of hydrogen-bond acceptors (Lipinski definition) is 4. The van der Waals surface area contributed by atoms with E-state index >= 15 is 0 Å². The molecule has 3 rings (SSSR count). The van der Waals surface area contributed by atoms with Crippen molar-refractivity contribution >= 4 is 39.7 Å². The van der Waals surface area contributed by atoms with Crippen LogP contribution in [-0.2, 0) is 0 Å². The van der Waals surface area contributed by atoms with Gasteiger partial charge in [-0.05, 0) is 48.9 Å². The number of anilines is 3. The molecule has 0 unspecified atom stereocenters. The van der Waals surface area contributed by atoms with Gasteiger partial charge in [0.25, 0.3) is 0 Å². The molecule has 0 saturated heterocycles. The predicted octanol–water partition coefficient (Wildman–Crippen LogP) is 5.42. The molecule has 1 aromatic heterocycles. The second-order valence-electron chi connectivity index (χ2n) is 5.39. The molecule has 0 aliphatic carbocycles. The van der Waals surface area contributed by atoms with E-state index in [0.29, 0.717) is 22.7 Å². The van der Waals surface area contributed by atoms with Gasteiger partial charge < -0.3 is 15.8 Å². The second kappa shape index (κ2) is 6.33. The average Bonchev–Trinajstić information content (AvgIpc) is 2.51. The van der Waals surface area contributed by atoms with Crippen LogP contribution in [0.5, 0.6) is 5.75 Å². The standard InChI is InChI=1S/C17H13ClF3N3O/c1-9-7-11-13(22)3-2-4-14(11)24-16(9)23-10-5-6-15(12(18)8-10)25-17(19,20)21/h2-8H,22H2,1H3,(H,23,24). The summed E-state index contributed by atoms with van der Waals surface area (Å²) in [5.41, 5.74) is 8.57. The normalized spacial score (nSPS) is 11.6. The largest absolute Gasteiger partial charge is 0.573 e. The monoisotopic (exact) mass is 367 g/mol. The third kappa shape index (κ3) is 3.88. The number of benzene rings is 2. The van der Waals surface area contributed by atoms with E-state index in [1.807, 2.05) is 19.1 Å². The third-order valence-electron chi connectivity index (χ3n) is 3.50. The summed E-state index contributed by atoms with van der Waals surface area (Å²) in [6.07, 6.45) is -4.80. The summed E-state index contributed by atoms with van der Waals surface area (Å²) < 4.78 is 40.7. The van der Waals surface area contributed by atoms with Crippen LogP contribution in [0.1, 0.15) is 5.56 Å². The minimum absolute atomic E-state index is 0.162. The van der Waals surface area contributed by atoms with Gasteiger partial charge in [0.15, 0.2) is 0 Å². The highest BCUT2D eigenvalue weighted by molar-refractivity contribution is 6.32. The average molecular weight is 368 g/mol. The van der Waals surface area contributed by atoms with E-state index in [1.54, 1.807) is 12.1 Å². The molecule has 130 valence electrons. The minimum Gasteiger partial charge on any atom is -0.404 e. The lowest BCUT2D eigenvalue weighted by Crippen LogP contribution is -2.17. The van der Waals surface area contributed by atoms with Gasteiger partial charge in [0, 0.05) is 16.8 Å². The molecule has 0 fully saturated rings. The van der Waals surface area contributed by atoms with E-state index in [2.05, 4.69) is 15.0 Å². The summed E-state index contributed by atoms with van der Waals surface area (Å²) >= 11 is 5.86. The summed E-state index contributed by atoms with van der Waals surface area (Å²) in [5, 5.41) is 3.71. The van der Waals surface area contributed by atoms with Crippen molar-refractivity contribution in [3.05, 3.63) is 53.1 Å². The van der Waals surface area contributed by atoms with Crippen LogP contribution in [0, 0.1) is 6.92 Å². The molecule has 0 radical (unpaired) electrons. The summed E-state index contributed by atoms with van der Waals surface area (Å²) in [5.74, 6) is 0.0920. The number of hydrogen-bond donors (Lipinski definition) is 2. The number of nitrogens with zero attached hydrogens (tertiary/aromatic N) is 1. The SMILES string of the molecule is Cc1cc2c(N)cccc2nc1Nc1ccc(OC(F)(F)F)c(Cl)c1. The molecule has 0 bridgehead atoms. The number of fused-ring (bicyclic) bond motifs is 1. The molecular weight excluding hydrogens is 355 g/mol. The number of nitrogens with two attached hydrogens (primary N) is 1. The van der Waals surface area contributed by atoms with Crippen LogP contribution in [0.15, 0.2) is 42.5 Å². The van der Waals surface area contributed by atoms with E-state index in [9.17, 15) is 13.2 Å². The quantitative estimate of drug-likeness (QED) is 0.607. The van der Waals surface area contributed by atoms with Crippen molar-refractivity contribution in [3.8, 4) is 5.75 Å². The van der Waals surface area contributed by atoms with Gasteiger partial charge in [0.05, 0.1) is 10.5 Å². The molecule has 1 heterocycles. The topological polar surface area (TPSA) is 60.2 Å². The Morgan fingerprint density at radius 2 is 1.92 bits per heavy atom. The Morgan fingerprint density at radius 1 is 1.16 bits per heavy atom. The Kier molecular flexibility index (Phi) is 4.34. The molecule has 2 aromatic carbocycles. The predicted molar refractivity (Wildman–Crippen MR) is 92.3 cm³/mol. The number of ether oxygens (including phenoxy) is 1. The van der Waals surface area contributed by atoms with Crippen LogP contribution >= 0.6 is 11.6 Å².